The van der Waals surface area contributed by atoms with Gasteiger partial charge in [0.2, 0.25) is 11.8 Å². The lowest BCUT2D eigenvalue weighted by Crippen LogP contribution is -2.49. The number of benzene rings is 3. The van der Waals surface area contributed by atoms with Crippen LogP contribution in [0.2, 0.25) is 0 Å². The van der Waals surface area contributed by atoms with Gasteiger partial charge in [0.25, 0.3) is 0 Å². The molecule has 0 saturated heterocycles. The van der Waals surface area contributed by atoms with E-state index in [1.165, 1.54) is 12.1 Å². The maximum Gasteiger partial charge on any atom is 0.240 e. The predicted octanol–water partition coefficient (Wildman–Crippen LogP) is 3.17. The molecule has 0 aliphatic rings. The number of hydrogen-bond donors (Lipinski definition) is 2. The van der Waals surface area contributed by atoms with Crippen molar-refractivity contribution < 1.29 is 14.0 Å². The van der Waals surface area contributed by atoms with Crippen molar-refractivity contribution in [3.63, 3.8) is 0 Å². The average Bonchev–Trinajstić information content (AvgIpc) is 2.71. The van der Waals surface area contributed by atoms with Crippen LogP contribution in [0, 0.1) is 5.82 Å². The third kappa shape index (κ3) is 4.82. The van der Waals surface area contributed by atoms with E-state index in [0.29, 0.717) is 5.56 Å². The van der Waals surface area contributed by atoms with Gasteiger partial charge in [0, 0.05) is 5.92 Å². The van der Waals surface area contributed by atoms with Gasteiger partial charge in [-0.15, -0.1) is 0 Å². The zero-order chi connectivity index (χ0) is 19.9. The second-order valence-electron chi connectivity index (χ2n) is 6.55. The number of hydrogen-bond acceptors (Lipinski definition) is 2. The molecule has 1 atom stereocenters. The fourth-order valence-electron chi connectivity index (χ4n) is 3.23. The van der Waals surface area contributed by atoms with Crippen molar-refractivity contribution in [3.8, 4) is 0 Å². The van der Waals surface area contributed by atoms with E-state index in [1.54, 1.807) is 12.1 Å². The average molecular weight is 376 g/mol. The zero-order valence-electron chi connectivity index (χ0n) is 15.2. The predicted molar refractivity (Wildman–Crippen MR) is 106 cm³/mol. The van der Waals surface area contributed by atoms with E-state index in [0.717, 1.165) is 11.1 Å². The summed E-state index contributed by atoms with van der Waals surface area (Å²) < 4.78 is 13.1. The molecule has 3 aromatic rings. The number of primary amides is 1. The van der Waals surface area contributed by atoms with Gasteiger partial charge >= 0.3 is 0 Å². The molecule has 3 aromatic carbocycles. The van der Waals surface area contributed by atoms with E-state index in [2.05, 4.69) is 5.32 Å². The number of halogens is 1. The summed E-state index contributed by atoms with van der Waals surface area (Å²) in [6, 6.07) is 23.7. The topological polar surface area (TPSA) is 72.2 Å². The fraction of sp³-hybridized carbons (Fsp3) is 0.130. The first kappa shape index (κ1) is 19.3. The molecule has 5 heteroatoms. The number of nitrogens with one attached hydrogen (secondary N) is 1. The molecule has 28 heavy (non-hydrogen) atoms. The molecular formula is C23H21FN2O2. The van der Waals surface area contributed by atoms with Crippen LogP contribution >= 0.6 is 0 Å². The Labute approximate surface area is 163 Å². The van der Waals surface area contributed by atoms with Gasteiger partial charge in [-0.25, -0.2) is 4.39 Å². The summed E-state index contributed by atoms with van der Waals surface area (Å²) >= 11 is 0. The van der Waals surface area contributed by atoms with Crippen molar-refractivity contribution >= 4 is 11.8 Å². The minimum atomic E-state index is -0.919. The van der Waals surface area contributed by atoms with E-state index in [-0.39, 0.29) is 18.1 Å². The number of amides is 2. The molecule has 0 aliphatic heterocycles. The molecule has 2 amide bonds. The fourth-order valence-corrected chi connectivity index (χ4v) is 3.23. The normalized spacial score (nSPS) is 11.8. The molecule has 0 fully saturated rings. The summed E-state index contributed by atoms with van der Waals surface area (Å²) in [5.74, 6) is -1.76. The van der Waals surface area contributed by atoms with Gasteiger partial charge in [-0.3, -0.25) is 9.59 Å². The van der Waals surface area contributed by atoms with Gasteiger partial charge in [0.1, 0.15) is 11.9 Å². The maximum atomic E-state index is 13.1. The van der Waals surface area contributed by atoms with Crippen LogP contribution in [0.5, 0.6) is 0 Å². The van der Waals surface area contributed by atoms with E-state index < -0.39 is 17.9 Å². The van der Waals surface area contributed by atoms with Crippen LogP contribution < -0.4 is 11.1 Å². The highest BCUT2D eigenvalue weighted by molar-refractivity contribution is 5.88. The lowest BCUT2D eigenvalue weighted by Gasteiger charge is -2.27. The summed E-state index contributed by atoms with van der Waals surface area (Å²) in [4.78, 5) is 24.8. The van der Waals surface area contributed by atoms with Crippen molar-refractivity contribution in [1.82, 2.24) is 5.32 Å². The molecule has 142 valence electrons. The third-order valence-electron chi connectivity index (χ3n) is 4.55. The van der Waals surface area contributed by atoms with E-state index in [1.807, 2.05) is 60.7 Å². The van der Waals surface area contributed by atoms with Crippen molar-refractivity contribution in [2.24, 2.45) is 5.73 Å². The largest absolute Gasteiger partial charge is 0.368 e. The minimum Gasteiger partial charge on any atom is -0.368 e. The molecule has 3 rings (SSSR count). The molecule has 4 nitrogen and oxygen atoms in total. The summed E-state index contributed by atoms with van der Waals surface area (Å²) in [6.45, 7) is 0. The van der Waals surface area contributed by atoms with Crippen molar-refractivity contribution in [2.75, 3.05) is 0 Å². The Morgan fingerprint density at radius 1 is 0.821 bits per heavy atom. The van der Waals surface area contributed by atoms with Gasteiger partial charge in [0.05, 0.1) is 6.42 Å². The van der Waals surface area contributed by atoms with Gasteiger partial charge in [0.15, 0.2) is 0 Å². The minimum absolute atomic E-state index is 0.0281. The molecule has 0 bridgehead atoms. The Hall–Kier alpha value is -3.47. The molecule has 0 aromatic heterocycles. The van der Waals surface area contributed by atoms with Crippen LogP contribution in [0.3, 0.4) is 0 Å². The summed E-state index contributed by atoms with van der Waals surface area (Å²) in [7, 11) is 0. The Morgan fingerprint density at radius 3 is 1.79 bits per heavy atom. The first-order valence-electron chi connectivity index (χ1n) is 8.97. The smallest absolute Gasteiger partial charge is 0.240 e. The lowest BCUT2D eigenvalue weighted by atomic mass is 9.84. The van der Waals surface area contributed by atoms with Crippen molar-refractivity contribution in [3.05, 3.63) is 107 Å². The van der Waals surface area contributed by atoms with Crippen molar-refractivity contribution in [2.45, 2.75) is 18.4 Å². The quantitative estimate of drug-likeness (QED) is 0.665. The molecule has 0 unspecified atom stereocenters. The number of nitrogens with two attached hydrogens (primary N) is 1. The number of rotatable bonds is 7. The maximum absolute atomic E-state index is 13.1. The highest BCUT2D eigenvalue weighted by atomic mass is 19.1. The molecular weight excluding hydrogens is 355 g/mol. The van der Waals surface area contributed by atoms with E-state index >= 15 is 0 Å². The highest BCUT2D eigenvalue weighted by Gasteiger charge is 2.30. The molecule has 0 radical (unpaired) electrons. The monoisotopic (exact) mass is 376 g/mol. The van der Waals surface area contributed by atoms with Gasteiger partial charge in [-0.05, 0) is 28.8 Å². The Kier molecular flexibility index (Phi) is 6.17. The first-order valence-corrected chi connectivity index (χ1v) is 8.97. The van der Waals surface area contributed by atoms with Crippen LogP contribution in [-0.4, -0.2) is 17.9 Å². The van der Waals surface area contributed by atoms with E-state index in [4.69, 9.17) is 5.73 Å². The van der Waals surface area contributed by atoms with Crippen molar-refractivity contribution in [1.29, 1.82) is 0 Å². The first-order chi connectivity index (χ1) is 13.5. The molecule has 0 spiro atoms. The van der Waals surface area contributed by atoms with Gasteiger partial charge in [-0.2, -0.15) is 0 Å². The standard InChI is InChI=1S/C23H21FN2O2/c24-19-13-11-16(12-14-19)15-20(27)26-22(23(25)28)21(17-7-3-1-4-8-17)18-9-5-2-6-10-18/h1-14,21-22H,15H2,(H2,25,28)(H,26,27)/t22-/m0/s1. The second kappa shape index (κ2) is 8.95. The number of carbonyl (C=O) groups excluding carboxylic acids is 2. The third-order valence-corrected chi connectivity index (χ3v) is 4.55. The number of carbonyl (C=O) groups is 2. The van der Waals surface area contributed by atoms with Gasteiger partial charge < -0.3 is 11.1 Å². The molecule has 0 aliphatic carbocycles. The molecule has 0 heterocycles. The zero-order valence-corrected chi connectivity index (χ0v) is 15.2. The van der Waals surface area contributed by atoms with E-state index in [9.17, 15) is 14.0 Å². The van der Waals surface area contributed by atoms with Gasteiger partial charge in [-0.1, -0.05) is 72.8 Å². The SMILES string of the molecule is NC(=O)[C@@H](NC(=O)Cc1ccc(F)cc1)C(c1ccccc1)c1ccccc1. The van der Waals surface area contributed by atoms with Crippen LogP contribution in [0.25, 0.3) is 0 Å². The highest BCUT2D eigenvalue weighted by Crippen LogP contribution is 2.28. The summed E-state index contributed by atoms with van der Waals surface area (Å²) in [5, 5.41) is 2.77. The lowest BCUT2D eigenvalue weighted by molar-refractivity contribution is -0.127. The Bertz CT molecular complexity index is 888. The Balaban J connectivity index is 1.87. The molecule has 3 N–H and O–H groups in total. The molecule has 0 saturated carbocycles. The Morgan fingerprint density at radius 2 is 1.32 bits per heavy atom. The van der Waals surface area contributed by atoms with Crippen LogP contribution in [0.1, 0.15) is 22.6 Å². The summed E-state index contributed by atoms with van der Waals surface area (Å²) in [5.41, 5.74) is 8.07. The van der Waals surface area contributed by atoms with Crippen LogP contribution in [0.15, 0.2) is 84.9 Å². The van der Waals surface area contributed by atoms with Crippen LogP contribution in [-0.2, 0) is 16.0 Å². The summed E-state index contributed by atoms with van der Waals surface area (Å²) in [6.07, 6.45) is 0.0281. The second-order valence-corrected chi connectivity index (χ2v) is 6.55. The van der Waals surface area contributed by atoms with Crippen LogP contribution in [0.4, 0.5) is 4.39 Å².